The molecule has 0 aliphatic rings. The first-order valence-corrected chi connectivity index (χ1v) is 14.2. The zero-order valence-electron chi connectivity index (χ0n) is 22.4. The summed E-state index contributed by atoms with van der Waals surface area (Å²) in [5.74, 6) is -3.37. The third-order valence-electron chi connectivity index (χ3n) is 6.09. The summed E-state index contributed by atoms with van der Waals surface area (Å²) < 4.78 is 0. The summed E-state index contributed by atoms with van der Waals surface area (Å²) >= 11 is 1.44. The van der Waals surface area contributed by atoms with Crippen LogP contribution in [0.3, 0.4) is 0 Å². The number of hydrogen-bond acceptors (Lipinski definition) is 7. The van der Waals surface area contributed by atoms with Crippen molar-refractivity contribution in [1.82, 2.24) is 16.0 Å². The predicted molar refractivity (Wildman–Crippen MR) is 153 cm³/mol. The van der Waals surface area contributed by atoms with Gasteiger partial charge in [-0.05, 0) is 42.4 Å². The van der Waals surface area contributed by atoms with Crippen LogP contribution in [0.25, 0.3) is 0 Å². The maximum absolute atomic E-state index is 13.4. The van der Waals surface area contributed by atoms with Crippen molar-refractivity contribution < 1.29 is 29.1 Å². The topological polar surface area (TPSA) is 194 Å². The van der Waals surface area contributed by atoms with Crippen LogP contribution in [-0.2, 0) is 36.8 Å². The van der Waals surface area contributed by atoms with Gasteiger partial charge in [0.15, 0.2) is 0 Å². The molecule has 12 heteroatoms. The van der Waals surface area contributed by atoms with Crippen LogP contribution in [0.1, 0.15) is 30.4 Å². The molecule has 40 heavy (non-hydrogen) atoms. The molecule has 8 N–H and O–H groups in total. The van der Waals surface area contributed by atoms with Crippen LogP contribution in [0.15, 0.2) is 60.7 Å². The van der Waals surface area contributed by atoms with Crippen LogP contribution >= 0.6 is 11.8 Å². The van der Waals surface area contributed by atoms with Crippen LogP contribution in [0.5, 0.6) is 0 Å². The molecule has 2 aromatic carbocycles. The first kappa shape index (κ1) is 32.3. The summed E-state index contributed by atoms with van der Waals surface area (Å²) in [6, 6.07) is 13.5. The number of nitrogens with two attached hydrogens (primary N) is 2. The van der Waals surface area contributed by atoms with Crippen molar-refractivity contribution in [3.8, 4) is 0 Å². The zero-order valence-corrected chi connectivity index (χ0v) is 23.2. The van der Waals surface area contributed by atoms with Gasteiger partial charge in [0, 0.05) is 12.8 Å². The first-order chi connectivity index (χ1) is 19.1. The number of carboxylic acid groups (broad SMARTS) is 1. The number of thioether (sulfide) groups is 1. The number of aliphatic carboxylic acids is 1. The zero-order chi connectivity index (χ0) is 29.5. The molecule has 216 valence electrons. The van der Waals surface area contributed by atoms with Gasteiger partial charge in [0.05, 0.1) is 6.04 Å². The van der Waals surface area contributed by atoms with Crippen molar-refractivity contribution in [2.45, 2.75) is 56.3 Å². The van der Waals surface area contributed by atoms with Gasteiger partial charge in [-0.25, -0.2) is 4.79 Å². The molecule has 0 spiro atoms. The van der Waals surface area contributed by atoms with E-state index in [-0.39, 0.29) is 32.1 Å². The van der Waals surface area contributed by atoms with E-state index < -0.39 is 53.8 Å². The van der Waals surface area contributed by atoms with E-state index in [0.717, 1.165) is 11.1 Å². The number of carbonyl (C=O) groups is 5. The number of carbonyl (C=O) groups excluding carboxylic acids is 4. The molecule has 4 amide bonds. The molecule has 11 nitrogen and oxygen atoms in total. The van der Waals surface area contributed by atoms with Gasteiger partial charge in [0.2, 0.25) is 23.6 Å². The minimum absolute atomic E-state index is 0.0668. The molecule has 0 aliphatic heterocycles. The molecule has 0 heterocycles. The summed E-state index contributed by atoms with van der Waals surface area (Å²) in [7, 11) is 0. The predicted octanol–water partition coefficient (Wildman–Crippen LogP) is 0.357. The average Bonchev–Trinajstić information content (AvgIpc) is 2.93. The lowest BCUT2D eigenvalue weighted by atomic mass is 10.0. The van der Waals surface area contributed by atoms with Crippen molar-refractivity contribution >= 4 is 41.4 Å². The summed E-state index contributed by atoms with van der Waals surface area (Å²) in [4.78, 5) is 62.6. The van der Waals surface area contributed by atoms with E-state index in [0.29, 0.717) is 5.75 Å². The number of primary amides is 1. The molecule has 4 atom stereocenters. The molecule has 0 saturated carbocycles. The van der Waals surface area contributed by atoms with Crippen LogP contribution < -0.4 is 27.4 Å². The van der Waals surface area contributed by atoms with Crippen LogP contribution in [0.4, 0.5) is 0 Å². The lowest BCUT2D eigenvalue weighted by molar-refractivity contribution is -0.142. The lowest BCUT2D eigenvalue weighted by Crippen LogP contribution is -2.58. The molecule has 0 aromatic heterocycles. The van der Waals surface area contributed by atoms with E-state index in [4.69, 9.17) is 11.5 Å². The Morgan fingerprint density at radius 1 is 0.750 bits per heavy atom. The van der Waals surface area contributed by atoms with E-state index in [1.807, 2.05) is 36.6 Å². The van der Waals surface area contributed by atoms with Crippen LogP contribution in [-0.4, -0.2) is 70.9 Å². The lowest BCUT2D eigenvalue weighted by Gasteiger charge is -2.25. The molecule has 0 fully saturated rings. The van der Waals surface area contributed by atoms with Gasteiger partial charge in [-0.2, -0.15) is 11.8 Å². The van der Waals surface area contributed by atoms with E-state index in [1.165, 1.54) is 11.8 Å². The number of rotatable bonds is 17. The fraction of sp³-hybridized carbons (Fsp3) is 0.393. The second-order valence-corrected chi connectivity index (χ2v) is 10.3. The minimum Gasteiger partial charge on any atom is -0.480 e. The first-order valence-electron chi connectivity index (χ1n) is 12.8. The average molecular weight is 572 g/mol. The van der Waals surface area contributed by atoms with Gasteiger partial charge >= 0.3 is 5.97 Å². The summed E-state index contributed by atoms with van der Waals surface area (Å²) in [5, 5.41) is 17.3. The van der Waals surface area contributed by atoms with E-state index in [1.54, 1.807) is 30.3 Å². The fourth-order valence-electron chi connectivity index (χ4n) is 3.89. The van der Waals surface area contributed by atoms with Gasteiger partial charge in [-0.1, -0.05) is 60.7 Å². The third kappa shape index (κ3) is 11.5. The van der Waals surface area contributed by atoms with Crippen LogP contribution in [0.2, 0.25) is 0 Å². The molecule has 0 bridgehead atoms. The normalized spacial score (nSPS) is 13.8. The highest BCUT2D eigenvalue weighted by Crippen LogP contribution is 2.08. The summed E-state index contributed by atoms with van der Waals surface area (Å²) in [6.45, 7) is 0. The highest BCUT2D eigenvalue weighted by molar-refractivity contribution is 7.98. The Morgan fingerprint density at radius 2 is 1.25 bits per heavy atom. The van der Waals surface area contributed by atoms with Crippen molar-refractivity contribution in [1.29, 1.82) is 0 Å². The number of amides is 4. The minimum atomic E-state index is -1.21. The number of benzene rings is 2. The molecular weight excluding hydrogens is 534 g/mol. The van der Waals surface area contributed by atoms with Gasteiger partial charge < -0.3 is 32.5 Å². The molecule has 4 unspecified atom stereocenters. The standard InChI is InChI=1S/C28H37N5O6S/c1-40-15-14-22(28(38)39)32-27(37)23(17-19-10-6-3-7-11-19)33-26(36)21(12-13-24(30)34)31-25(35)20(29)16-18-8-4-2-5-9-18/h2-11,20-23H,12-17,29H2,1H3,(H2,30,34)(H,31,35)(H,32,37)(H,33,36)(H,38,39). The van der Waals surface area contributed by atoms with Crippen molar-refractivity contribution in [3.63, 3.8) is 0 Å². The van der Waals surface area contributed by atoms with Gasteiger partial charge in [0.25, 0.3) is 0 Å². The van der Waals surface area contributed by atoms with Crippen LogP contribution in [0, 0.1) is 0 Å². The van der Waals surface area contributed by atoms with Crippen molar-refractivity contribution in [3.05, 3.63) is 71.8 Å². The molecule has 2 aromatic rings. The Balaban J connectivity index is 2.20. The second-order valence-electron chi connectivity index (χ2n) is 9.29. The molecular formula is C28H37N5O6S. The maximum atomic E-state index is 13.4. The van der Waals surface area contributed by atoms with E-state index >= 15 is 0 Å². The highest BCUT2D eigenvalue weighted by atomic mass is 32.2. The van der Waals surface area contributed by atoms with Crippen molar-refractivity contribution in [2.24, 2.45) is 11.5 Å². The maximum Gasteiger partial charge on any atom is 0.326 e. The Bertz CT molecular complexity index is 1130. The smallest absolute Gasteiger partial charge is 0.326 e. The fourth-order valence-corrected chi connectivity index (χ4v) is 4.36. The SMILES string of the molecule is CSCCC(NC(=O)C(Cc1ccccc1)NC(=O)C(CCC(N)=O)NC(=O)C(N)Cc1ccccc1)C(=O)O. The van der Waals surface area contributed by atoms with Gasteiger partial charge in [0.1, 0.15) is 18.1 Å². The monoisotopic (exact) mass is 571 g/mol. The second kappa shape index (κ2) is 16.9. The van der Waals surface area contributed by atoms with E-state index in [9.17, 15) is 29.1 Å². The van der Waals surface area contributed by atoms with Gasteiger partial charge in [-0.3, -0.25) is 19.2 Å². The Hall–Kier alpha value is -3.90. The molecule has 2 rings (SSSR count). The Morgan fingerprint density at radius 3 is 1.77 bits per heavy atom. The highest BCUT2D eigenvalue weighted by Gasteiger charge is 2.30. The number of nitrogens with one attached hydrogen (secondary N) is 3. The number of carboxylic acids is 1. The molecule has 0 aliphatic carbocycles. The Labute approximate surface area is 237 Å². The molecule has 0 saturated heterocycles. The summed E-state index contributed by atoms with van der Waals surface area (Å²) in [5.41, 5.74) is 12.9. The van der Waals surface area contributed by atoms with Crippen molar-refractivity contribution in [2.75, 3.05) is 12.0 Å². The molecule has 0 radical (unpaired) electrons. The van der Waals surface area contributed by atoms with E-state index in [2.05, 4.69) is 16.0 Å². The summed E-state index contributed by atoms with van der Waals surface area (Å²) in [6.07, 6.45) is 2.00. The Kier molecular flexibility index (Phi) is 13.7. The van der Waals surface area contributed by atoms with Gasteiger partial charge in [-0.15, -0.1) is 0 Å². The quantitative estimate of drug-likeness (QED) is 0.157. The number of hydrogen-bond donors (Lipinski definition) is 6. The largest absolute Gasteiger partial charge is 0.480 e. The third-order valence-corrected chi connectivity index (χ3v) is 6.73.